The van der Waals surface area contributed by atoms with Crippen LogP contribution in [0.2, 0.25) is 0 Å². The van der Waals surface area contributed by atoms with Crippen molar-refractivity contribution in [2.75, 3.05) is 32.2 Å². The quantitative estimate of drug-likeness (QED) is 0.727. The van der Waals surface area contributed by atoms with Crippen LogP contribution in [0.3, 0.4) is 0 Å². The molecule has 2 aromatic rings. The van der Waals surface area contributed by atoms with Crippen molar-refractivity contribution in [2.24, 2.45) is 0 Å². The van der Waals surface area contributed by atoms with Gasteiger partial charge in [0.15, 0.2) is 0 Å². The number of hydrogen-bond donors (Lipinski definition) is 0. The molecule has 0 radical (unpaired) electrons. The molecular formula is C20H21BrN2O4. The molecule has 0 atom stereocenters. The zero-order valence-corrected chi connectivity index (χ0v) is 16.9. The van der Waals surface area contributed by atoms with Crippen LogP contribution in [-0.4, -0.2) is 44.0 Å². The predicted octanol–water partition coefficient (Wildman–Crippen LogP) is 3.23. The number of amides is 2. The van der Waals surface area contributed by atoms with Crippen LogP contribution in [0.25, 0.3) is 0 Å². The molecule has 0 saturated heterocycles. The Balaban J connectivity index is 1.76. The second-order valence-corrected chi connectivity index (χ2v) is 7.17. The molecule has 1 aliphatic heterocycles. The Kier molecular flexibility index (Phi) is 6.01. The molecule has 2 amide bonds. The minimum absolute atomic E-state index is 0.0357. The molecule has 6 nitrogen and oxygen atoms in total. The minimum Gasteiger partial charge on any atom is -0.496 e. The summed E-state index contributed by atoms with van der Waals surface area (Å²) < 4.78 is 11.9. The number of benzene rings is 2. The summed E-state index contributed by atoms with van der Waals surface area (Å²) in [7, 11) is 3.31. The van der Waals surface area contributed by atoms with Crippen LogP contribution in [0, 0.1) is 0 Å². The highest BCUT2D eigenvalue weighted by molar-refractivity contribution is 9.10. The van der Waals surface area contributed by atoms with Gasteiger partial charge in [-0.05, 0) is 30.3 Å². The predicted molar refractivity (Wildman–Crippen MR) is 106 cm³/mol. The van der Waals surface area contributed by atoms with Crippen LogP contribution in [-0.2, 0) is 16.1 Å². The average molecular weight is 433 g/mol. The van der Waals surface area contributed by atoms with Crippen molar-refractivity contribution in [3.8, 4) is 11.5 Å². The van der Waals surface area contributed by atoms with E-state index < -0.39 is 0 Å². The van der Waals surface area contributed by atoms with Crippen molar-refractivity contribution >= 4 is 33.4 Å². The first-order valence-corrected chi connectivity index (χ1v) is 9.37. The molecule has 0 aromatic heterocycles. The summed E-state index contributed by atoms with van der Waals surface area (Å²) in [5, 5.41) is 0. The van der Waals surface area contributed by atoms with E-state index in [4.69, 9.17) is 9.47 Å². The number of hydrogen-bond acceptors (Lipinski definition) is 4. The Labute approximate surface area is 166 Å². The molecule has 0 unspecified atom stereocenters. The van der Waals surface area contributed by atoms with E-state index in [0.29, 0.717) is 30.3 Å². The molecular weight excluding hydrogens is 412 g/mol. The molecule has 2 aromatic carbocycles. The number of methoxy groups -OCH3 is 1. The Morgan fingerprint density at radius 1 is 1.30 bits per heavy atom. The van der Waals surface area contributed by atoms with E-state index in [2.05, 4.69) is 15.9 Å². The van der Waals surface area contributed by atoms with Crippen LogP contribution < -0.4 is 14.4 Å². The van der Waals surface area contributed by atoms with Crippen molar-refractivity contribution < 1.29 is 19.1 Å². The molecule has 3 rings (SSSR count). The number of likely N-dealkylation sites (N-methyl/N-ethyl adjacent to an activating group) is 1. The number of rotatable bonds is 5. The monoisotopic (exact) mass is 432 g/mol. The summed E-state index contributed by atoms with van der Waals surface area (Å²) in [6.45, 7) is 0.652. The lowest BCUT2D eigenvalue weighted by Gasteiger charge is -2.25. The molecule has 0 N–H and O–H groups in total. The van der Waals surface area contributed by atoms with Crippen LogP contribution in [0.15, 0.2) is 46.9 Å². The van der Waals surface area contributed by atoms with Gasteiger partial charge in [0.2, 0.25) is 11.8 Å². The highest BCUT2D eigenvalue weighted by Gasteiger charge is 2.26. The van der Waals surface area contributed by atoms with Gasteiger partial charge in [0.1, 0.15) is 18.0 Å². The Morgan fingerprint density at radius 2 is 2.07 bits per heavy atom. The normalized spacial score (nSPS) is 13.4. The van der Waals surface area contributed by atoms with Gasteiger partial charge in [0.25, 0.3) is 0 Å². The maximum absolute atomic E-state index is 12.8. The molecule has 142 valence electrons. The fourth-order valence-electron chi connectivity index (χ4n) is 2.96. The van der Waals surface area contributed by atoms with Crippen molar-refractivity contribution in [2.45, 2.75) is 13.0 Å². The van der Waals surface area contributed by atoms with E-state index >= 15 is 0 Å². The van der Waals surface area contributed by atoms with E-state index in [-0.39, 0.29) is 24.8 Å². The van der Waals surface area contributed by atoms with Gasteiger partial charge in [-0.1, -0.05) is 28.1 Å². The lowest BCUT2D eigenvalue weighted by atomic mass is 10.2. The van der Waals surface area contributed by atoms with Crippen molar-refractivity contribution in [3.05, 3.63) is 52.5 Å². The number of anilines is 1. The summed E-state index contributed by atoms with van der Waals surface area (Å²) in [6.07, 6.45) is 0.241. The number of para-hydroxylation sites is 2. The van der Waals surface area contributed by atoms with E-state index in [0.717, 1.165) is 10.0 Å². The molecule has 0 saturated carbocycles. The van der Waals surface area contributed by atoms with Crippen LogP contribution in [0.1, 0.15) is 12.0 Å². The van der Waals surface area contributed by atoms with E-state index in [1.54, 1.807) is 25.1 Å². The standard InChI is InChI=1S/C20H21BrN2O4/c1-22(12-14-11-15(21)7-8-17(14)26-2)20(25)13-23-16-5-3-4-6-18(16)27-10-9-19(23)24/h3-8,11H,9-10,12-13H2,1-2H3. The molecule has 0 aliphatic carbocycles. The SMILES string of the molecule is COc1ccc(Br)cc1CN(C)C(=O)CN1C(=O)CCOc2ccccc21. The van der Waals surface area contributed by atoms with Crippen LogP contribution in [0.4, 0.5) is 5.69 Å². The van der Waals surface area contributed by atoms with E-state index in [9.17, 15) is 9.59 Å². The summed E-state index contributed by atoms with van der Waals surface area (Å²) >= 11 is 3.44. The molecule has 0 spiro atoms. The lowest BCUT2D eigenvalue weighted by Crippen LogP contribution is -2.41. The van der Waals surface area contributed by atoms with Crippen molar-refractivity contribution in [3.63, 3.8) is 0 Å². The van der Waals surface area contributed by atoms with Gasteiger partial charge >= 0.3 is 0 Å². The zero-order valence-electron chi connectivity index (χ0n) is 15.3. The molecule has 27 heavy (non-hydrogen) atoms. The number of carbonyl (C=O) groups is 2. The number of carbonyl (C=O) groups excluding carboxylic acids is 2. The fourth-order valence-corrected chi connectivity index (χ4v) is 3.37. The van der Waals surface area contributed by atoms with Gasteiger partial charge in [0.05, 0.1) is 25.8 Å². The Bertz CT molecular complexity index is 856. The van der Waals surface area contributed by atoms with Crippen molar-refractivity contribution in [1.82, 2.24) is 4.90 Å². The van der Waals surface area contributed by atoms with Crippen molar-refractivity contribution in [1.29, 1.82) is 0 Å². The van der Waals surface area contributed by atoms with Gasteiger partial charge in [0, 0.05) is 23.6 Å². The third-order valence-corrected chi connectivity index (χ3v) is 4.89. The molecule has 7 heteroatoms. The Morgan fingerprint density at radius 3 is 2.85 bits per heavy atom. The molecule has 1 aliphatic rings. The largest absolute Gasteiger partial charge is 0.496 e. The summed E-state index contributed by atoms with van der Waals surface area (Å²) in [6, 6.07) is 12.9. The zero-order chi connectivity index (χ0) is 19.4. The van der Waals surface area contributed by atoms with Crippen LogP contribution >= 0.6 is 15.9 Å². The second kappa shape index (κ2) is 8.43. The first kappa shape index (κ1) is 19.2. The molecule has 0 bridgehead atoms. The fraction of sp³-hybridized carbons (Fsp3) is 0.300. The number of fused-ring (bicyclic) bond motifs is 1. The first-order valence-electron chi connectivity index (χ1n) is 8.58. The van der Waals surface area contributed by atoms with Crippen LogP contribution in [0.5, 0.6) is 11.5 Å². The van der Waals surface area contributed by atoms with Gasteiger partial charge in [-0.3, -0.25) is 14.5 Å². The smallest absolute Gasteiger partial charge is 0.242 e. The van der Waals surface area contributed by atoms with E-state index in [1.807, 2.05) is 36.4 Å². The molecule has 0 fully saturated rings. The number of ether oxygens (including phenoxy) is 2. The van der Waals surface area contributed by atoms with Gasteiger partial charge in [-0.15, -0.1) is 0 Å². The van der Waals surface area contributed by atoms with Gasteiger partial charge in [-0.2, -0.15) is 0 Å². The Hall–Kier alpha value is -2.54. The summed E-state index contributed by atoms with van der Waals surface area (Å²) in [5.41, 5.74) is 1.51. The highest BCUT2D eigenvalue weighted by atomic mass is 79.9. The van der Waals surface area contributed by atoms with Gasteiger partial charge < -0.3 is 14.4 Å². The topological polar surface area (TPSA) is 59.1 Å². The third kappa shape index (κ3) is 4.42. The first-order chi connectivity index (χ1) is 13.0. The minimum atomic E-state index is -0.165. The summed E-state index contributed by atoms with van der Waals surface area (Å²) in [5.74, 6) is 1.04. The average Bonchev–Trinajstić information content (AvgIpc) is 2.81. The third-order valence-electron chi connectivity index (χ3n) is 4.40. The number of nitrogens with zero attached hydrogens (tertiary/aromatic N) is 2. The van der Waals surface area contributed by atoms with Gasteiger partial charge in [-0.25, -0.2) is 0 Å². The highest BCUT2D eigenvalue weighted by Crippen LogP contribution is 2.31. The second-order valence-electron chi connectivity index (χ2n) is 6.25. The summed E-state index contributed by atoms with van der Waals surface area (Å²) in [4.78, 5) is 28.4. The van der Waals surface area contributed by atoms with E-state index in [1.165, 1.54) is 4.90 Å². The number of halogens is 1. The molecule has 1 heterocycles. The maximum Gasteiger partial charge on any atom is 0.242 e. The maximum atomic E-state index is 12.8. The lowest BCUT2D eigenvalue weighted by molar-refractivity contribution is -0.130.